The molecule has 0 aliphatic heterocycles. The van der Waals surface area contributed by atoms with Crippen LogP contribution in [0, 0.1) is 0 Å². The Morgan fingerprint density at radius 2 is 1.59 bits per heavy atom. The first-order valence-corrected chi connectivity index (χ1v) is 5.11. The van der Waals surface area contributed by atoms with Crippen LogP contribution < -0.4 is 0 Å². The maximum absolute atomic E-state index is 11.0. The lowest BCUT2D eigenvalue weighted by molar-refractivity contribution is -0.332. The summed E-state index contributed by atoms with van der Waals surface area (Å²) in [5.74, 6) is -0.981. The zero-order valence-corrected chi connectivity index (χ0v) is 10.3. The van der Waals surface area contributed by atoms with Gasteiger partial charge in [0.05, 0.1) is 19.8 Å². The Labute approximate surface area is 100 Å². The standard InChI is InChI=1S/C7H15NO4.C3H4O2/c1-4-10-7(9)8(11-5-2)12-6-3;1-2-3(4)5/h4-6H2,1-3H3;2H,1H2,(H,4,5). The van der Waals surface area contributed by atoms with Crippen LogP contribution >= 0.6 is 0 Å². The molecule has 0 aliphatic rings. The molecule has 0 rings (SSSR count). The highest BCUT2D eigenvalue weighted by molar-refractivity contribution is 5.78. The van der Waals surface area contributed by atoms with Crippen molar-refractivity contribution >= 4 is 12.1 Å². The number of rotatable bonds is 6. The second-order valence-electron chi connectivity index (χ2n) is 2.33. The Morgan fingerprint density at radius 3 is 1.82 bits per heavy atom. The molecule has 0 aliphatic carbocycles. The van der Waals surface area contributed by atoms with Gasteiger partial charge in [-0.2, -0.15) is 0 Å². The van der Waals surface area contributed by atoms with E-state index in [0.29, 0.717) is 19.8 Å². The van der Waals surface area contributed by atoms with Crippen molar-refractivity contribution < 1.29 is 29.1 Å². The summed E-state index contributed by atoms with van der Waals surface area (Å²) in [6.07, 6.45) is 0.209. The molecule has 0 spiro atoms. The monoisotopic (exact) mass is 249 g/mol. The number of carbonyl (C=O) groups excluding carboxylic acids is 1. The fraction of sp³-hybridized carbons (Fsp3) is 0.600. The molecule has 0 aromatic carbocycles. The summed E-state index contributed by atoms with van der Waals surface area (Å²) in [4.78, 5) is 29.9. The van der Waals surface area contributed by atoms with Gasteiger partial charge < -0.3 is 9.84 Å². The molecule has 17 heavy (non-hydrogen) atoms. The highest BCUT2D eigenvalue weighted by Crippen LogP contribution is 1.96. The first-order chi connectivity index (χ1) is 8.03. The van der Waals surface area contributed by atoms with Crippen LogP contribution in [0.25, 0.3) is 0 Å². The molecule has 7 nitrogen and oxygen atoms in total. The highest BCUT2D eigenvalue weighted by Gasteiger charge is 2.14. The molecular formula is C10H19NO6. The maximum atomic E-state index is 11.0. The van der Waals surface area contributed by atoms with Crippen molar-refractivity contribution in [3.63, 3.8) is 0 Å². The molecule has 0 heterocycles. The predicted octanol–water partition coefficient (Wildman–Crippen LogP) is 1.60. The number of carbonyl (C=O) groups is 2. The SMILES string of the molecule is C=CC(=O)O.CCOC(=O)N(OCC)OCC. The van der Waals surface area contributed by atoms with Crippen LogP contribution in [0.1, 0.15) is 20.8 Å². The fourth-order valence-electron chi connectivity index (χ4n) is 0.553. The van der Waals surface area contributed by atoms with E-state index in [0.717, 1.165) is 11.3 Å². The first-order valence-electron chi connectivity index (χ1n) is 5.11. The van der Waals surface area contributed by atoms with Crippen LogP contribution in [0.3, 0.4) is 0 Å². The van der Waals surface area contributed by atoms with Crippen LogP contribution in [0.15, 0.2) is 12.7 Å². The van der Waals surface area contributed by atoms with Crippen molar-refractivity contribution in [2.75, 3.05) is 19.8 Å². The van der Waals surface area contributed by atoms with E-state index in [1.165, 1.54) is 0 Å². The number of ether oxygens (including phenoxy) is 1. The highest BCUT2D eigenvalue weighted by atomic mass is 17.0. The molecule has 0 atom stereocenters. The molecule has 0 saturated heterocycles. The predicted molar refractivity (Wildman–Crippen MR) is 59.9 cm³/mol. The van der Waals surface area contributed by atoms with Gasteiger partial charge in [0.2, 0.25) is 0 Å². The third kappa shape index (κ3) is 12.3. The maximum Gasteiger partial charge on any atom is 0.459 e. The normalized spacial score (nSPS) is 8.65. The fourth-order valence-corrected chi connectivity index (χ4v) is 0.553. The van der Waals surface area contributed by atoms with E-state index in [1.54, 1.807) is 20.8 Å². The van der Waals surface area contributed by atoms with Gasteiger partial charge in [0.1, 0.15) is 0 Å². The van der Waals surface area contributed by atoms with E-state index in [4.69, 9.17) is 14.8 Å². The number of nitrogens with zero attached hydrogens (tertiary/aromatic N) is 1. The van der Waals surface area contributed by atoms with Crippen molar-refractivity contribution in [3.05, 3.63) is 12.7 Å². The summed E-state index contributed by atoms with van der Waals surface area (Å²) < 4.78 is 4.65. The largest absolute Gasteiger partial charge is 0.478 e. The van der Waals surface area contributed by atoms with E-state index >= 15 is 0 Å². The Hall–Kier alpha value is -1.60. The van der Waals surface area contributed by atoms with Gasteiger partial charge in [-0.1, -0.05) is 6.58 Å². The molecule has 0 radical (unpaired) electrons. The third-order valence-corrected chi connectivity index (χ3v) is 1.08. The van der Waals surface area contributed by atoms with E-state index in [9.17, 15) is 9.59 Å². The van der Waals surface area contributed by atoms with Gasteiger partial charge in [0, 0.05) is 6.08 Å². The zero-order valence-electron chi connectivity index (χ0n) is 10.3. The van der Waals surface area contributed by atoms with E-state index in [1.807, 2.05) is 0 Å². The number of carboxylic acid groups (broad SMARTS) is 1. The van der Waals surface area contributed by atoms with Crippen molar-refractivity contribution in [2.45, 2.75) is 20.8 Å². The van der Waals surface area contributed by atoms with Crippen LogP contribution in [0.4, 0.5) is 4.79 Å². The minimum Gasteiger partial charge on any atom is -0.478 e. The number of amides is 1. The average Bonchev–Trinajstić information content (AvgIpc) is 2.30. The molecule has 0 bridgehead atoms. The molecule has 0 fully saturated rings. The minimum absolute atomic E-state index is 0.301. The van der Waals surface area contributed by atoms with Crippen molar-refractivity contribution in [1.82, 2.24) is 5.23 Å². The lowest BCUT2D eigenvalue weighted by atomic mass is 10.7. The summed E-state index contributed by atoms with van der Waals surface area (Å²) >= 11 is 0. The van der Waals surface area contributed by atoms with Gasteiger partial charge in [0.15, 0.2) is 0 Å². The van der Waals surface area contributed by atoms with Gasteiger partial charge in [-0.05, 0) is 26.0 Å². The number of carboxylic acids is 1. The first kappa shape index (κ1) is 17.8. The number of hydrogen-bond donors (Lipinski definition) is 1. The smallest absolute Gasteiger partial charge is 0.459 e. The van der Waals surface area contributed by atoms with Crippen LogP contribution in [-0.2, 0) is 19.2 Å². The number of aliphatic carboxylic acids is 1. The van der Waals surface area contributed by atoms with Crippen LogP contribution in [0.2, 0.25) is 0 Å². The second-order valence-corrected chi connectivity index (χ2v) is 2.33. The van der Waals surface area contributed by atoms with E-state index in [-0.39, 0.29) is 0 Å². The summed E-state index contributed by atoms with van der Waals surface area (Å²) in [6, 6.07) is 0. The van der Waals surface area contributed by atoms with Gasteiger partial charge in [-0.3, -0.25) is 0 Å². The van der Waals surface area contributed by atoms with Crippen molar-refractivity contribution in [1.29, 1.82) is 0 Å². The minimum atomic E-state index is -0.981. The number of hydrogen-bond acceptors (Lipinski definition) is 5. The molecule has 1 amide bonds. The number of hydroxylamine groups is 2. The molecular weight excluding hydrogens is 230 g/mol. The summed E-state index contributed by atoms with van der Waals surface area (Å²) in [5.41, 5.74) is 0. The summed E-state index contributed by atoms with van der Waals surface area (Å²) in [7, 11) is 0. The average molecular weight is 249 g/mol. The quantitative estimate of drug-likeness (QED) is 0.568. The summed E-state index contributed by atoms with van der Waals surface area (Å²) in [6.45, 7) is 9.21. The van der Waals surface area contributed by atoms with Gasteiger partial charge in [-0.25, -0.2) is 19.3 Å². The molecule has 0 aromatic rings. The zero-order chi connectivity index (χ0) is 13.7. The van der Waals surface area contributed by atoms with Gasteiger partial charge in [-0.15, -0.1) is 0 Å². The molecule has 0 aromatic heterocycles. The summed E-state index contributed by atoms with van der Waals surface area (Å²) in [5, 5.41) is 8.36. The molecule has 0 saturated carbocycles. The Bertz CT molecular complexity index is 225. The molecule has 7 heteroatoms. The van der Waals surface area contributed by atoms with Crippen LogP contribution in [0.5, 0.6) is 0 Å². The van der Waals surface area contributed by atoms with E-state index < -0.39 is 12.1 Å². The third-order valence-electron chi connectivity index (χ3n) is 1.08. The Morgan fingerprint density at radius 1 is 1.18 bits per heavy atom. The van der Waals surface area contributed by atoms with Crippen molar-refractivity contribution in [2.24, 2.45) is 0 Å². The Balaban J connectivity index is 0. The molecule has 100 valence electrons. The van der Waals surface area contributed by atoms with E-state index in [2.05, 4.69) is 11.3 Å². The second kappa shape index (κ2) is 12.5. The Kier molecular flexibility index (Phi) is 13.0. The van der Waals surface area contributed by atoms with Crippen LogP contribution in [-0.4, -0.2) is 42.2 Å². The van der Waals surface area contributed by atoms with Gasteiger partial charge >= 0.3 is 12.1 Å². The van der Waals surface area contributed by atoms with Gasteiger partial charge in [0.25, 0.3) is 0 Å². The topological polar surface area (TPSA) is 85.3 Å². The lowest BCUT2D eigenvalue weighted by Crippen LogP contribution is -2.32. The molecule has 0 unspecified atom stereocenters. The van der Waals surface area contributed by atoms with Crippen molar-refractivity contribution in [3.8, 4) is 0 Å². The lowest BCUT2D eigenvalue weighted by Gasteiger charge is -2.17. The molecule has 1 N–H and O–H groups in total.